The molecular weight excluding hydrogens is 246 g/mol. The van der Waals surface area contributed by atoms with E-state index in [4.69, 9.17) is 14.2 Å². The molecular formula is C14H15NO4. The van der Waals surface area contributed by atoms with Crippen molar-refractivity contribution < 1.29 is 14.2 Å². The van der Waals surface area contributed by atoms with Gasteiger partial charge in [0.1, 0.15) is 24.7 Å². The number of H-pyrrole nitrogens is 1. The highest BCUT2D eigenvalue weighted by molar-refractivity contribution is 5.31. The molecule has 2 rings (SSSR count). The third-order valence-corrected chi connectivity index (χ3v) is 2.45. The predicted molar refractivity (Wildman–Crippen MR) is 71.0 cm³/mol. The molecule has 0 aliphatic rings. The van der Waals surface area contributed by atoms with Crippen LogP contribution in [0.3, 0.4) is 0 Å². The van der Waals surface area contributed by atoms with Gasteiger partial charge in [-0.05, 0) is 36.4 Å². The summed E-state index contributed by atoms with van der Waals surface area (Å²) in [5, 5.41) is 0. The Labute approximate surface area is 110 Å². The highest BCUT2D eigenvalue weighted by Crippen LogP contribution is 2.16. The normalized spacial score (nSPS) is 9.95. The van der Waals surface area contributed by atoms with E-state index in [-0.39, 0.29) is 5.56 Å². The summed E-state index contributed by atoms with van der Waals surface area (Å²) in [6.07, 6.45) is 1.56. The Bertz CT molecular complexity index is 562. The molecule has 0 atom stereocenters. The van der Waals surface area contributed by atoms with Gasteiger partial charge < -0.3 is 19.2 Å². The third kappa shape index (κ3) is 3.77. The van der Waals surface area contributed by atoms with Gasteiger partial charge in [0.2, 0.25) is 0 Å². The molecule has 2 aromatic rings. The molecule has 0 saturated heterocycles. The van der Waals surface area contributed by atoms with Crippen LogP contribution < -0.4 is 19.8 Å². The second kappa shape index (κ2) is 6.49. The summed E-state index contributed by atoms with van der Waals surface area (Å²) < 4.78 is 15.8. The summed E-state index contributed by atoms with van der Waals surface area (Å²) in [5.41, 5.74) is -0.244. The van der Waals surface area contributed by atoms with Crippen LogP contribution in [0.15, 0.2) is 47.4 Å². The molecule has 0 radical (unpaired) electrons. The zero-order valence-corrected chi connectivity index (χ0v) is 10.6. The molecule has 0 amide bonds. The number of hydrogen-bond acceptors (Lipinski definition) is 4. The lowest BCUT2D eigenvalue weighted by Crippen LogP contribution is -2.15. The van der Waals surface area contributed by atoms with E-state index in [1.54, 1.807) is 25.4 Å². The first-order chi connectivity index (χ1) is 9.29. The monoisotopic (exact) mass is 261 g/mol. The lowest BCUT2D eigenvalue weighted by atomic mass is 10.3. The summed E-state index contributed by atoms with van der Waals surface area (Å²) >= 11 is 0. The van der Waals surface area contributed by atoms with Crippen molar-refractivity contribution in [1.82, 2.24) is 4.98 Å². The molecule has 0 saturated carbocycles. The number of ether oxygens (including phenoxy) is 3. The molecule has 5 heteroatoms. The van der Waals surface area contributed by atoms with Crippen molar-refractivity contribution in [2.75, 3.05) is 20.3 Å². The molecule has 100 valence electrons. The van der Waals surface area contributed by atoms with Crippen LogP contribution >= 0.6 is 0 Å². The minimum Gasteiger partial charge on any atom is -0.497 e. The number of hydrogen-bond donors (Lipinski definition) is 1. The van der Waals surface area contributed by atoms with Crippen molar-refractivity contribution >= 4 is 0 Å². The van der Waals surface area contributed by atoms with Crippen LogP contribution in [0.2, 0.25) is 0 Å². The quantitative estimate of drug-likeness (QED) is 0.806. The van der Waals surface area contributed by atoms with Gasteiger partial charge in [-0.1, -0.05) is 0 Å². The van der Waals surface area contributed by atoms with Crippen molar-refractivity contribution in [3.8, 4) is 17.2 Å². The third-order valence-electron chi connectivity index (χ3n) is 2.45. The summed E-state index contributed by atoms with van der Waals surface area (Å²) in [6.45, 7) is 0.666. The smallest absolute Gasteiger partial charge is 0.290 e. The Kier molecular flexibility index (Phi) is 4.44. The van der Waals surface area contributed by atoms with E-state index in [0.717, 1.165) is 11.5 Å². The molecule has 0 fully saturated rings. The first-order valence-corrected chi connectivity index (χ1v) is 5.87. The molecule has 0 unspecified atom stereocenters. The van der Waals surface area contributed by atoms with Crippen molar-refractivity contribution in [3.05, 3.63) is 52.9 Å². The number of pyridine rings is 1. The average molecular weight is 261 g/mol. The second-order valence-electron chi connectivity index (χ2n) is 3.74. The first-order valence-electron chi connectivity index (χ1n) is 5.87. The van der Waals surface area contributed by atoms with Crippen molar-refractivity contribution in [2.45, 2.75) is 0 Å². The number of benzene rings is 1. The van der Waals surface area contributed by atoms with Crippen LogP contribution in [-0.4, -0.2) is 25.3 Å². The van der Waals surface area contributed by atoms with E-state index in [0.29, 0.717) is 19.0 Å². The number of methoxy groups -OCH3 is 1. The van der Waals surface area contributed by atoms with Gasteiger partial charge in [0.15, 0.2) is 5.75 Å². The summed E-state index contributed by atoms with van der Waals surface area (Å²) in [6, 6.07) is 10.6. The number of aromatic nitrogens is 1. The lowest BCUT2D eigenvalue weighted by molar-refractivity contribution is 0.215. The Morgan fingerprint density at radius 3 is 2.37 bits per heavy atom. The van der Waals surface area contributed by atoms with E-state index >= 15 is 0 Å². The Balaban J connectivity index is 1.77. The maximum atomic E-state index is 11.3. The van der Waals surface area contributed by atoms with E-state index in [2.05, 4.69) is 4.98 Å². The van der Waals surface area contributed by atoms with Crippen LogP contribution in [-0.2, 0) is 0 Å². The second-order valence-corrected chi connectivity index (χ2v) is 3.74. The molecule has 0 aliphatic carbocycles. The molecule has 1 aromatic heterocycles. The van der Waals surface area contributed by atoms with Crippen LogP contribution in [0.4, 0.5) is 0 Å². The van der Waals surface area contributed by atoms with Gasteiger partial charge in [0, 0.05) is 6.20 Å². The molecule has 1 N–H and O–H groups in total. The van der Waals surface area contributed by atoms with Crippen LogP contribution in [0.5, 0.6) is 17.2 Å². The Morgan fingerprint density at radius 1 is 1.00 bits per heavy atom. The molecule has 0 aliphatic heterocycles. The van der Waals surface area contributed by atoms with E-state index < -0.39 is 0 Å². The van der Waals surface area contributed by atoms with Gasteiger partial charge in [-0.15, -0.1) is 0 Å². The molecule has 0 bridgehead atoms. The average Bonchev–Trinajstić information content (AvgIpc) is 2.46. The van der Waals surface area contributed by atoms with Gasteiger partial charge >= 0.3 is 0 Å². The largest absolute Gasteiger partial charge is 0.497 e. The highest BCUT2D eigenvalue weighted by Gasteiger charge is 1.99. The lowest BCUT2D eigenvalue weighted by Gasteiger charge is -2.08. The van der Waals surface area contributed by atoms with Crippen molar-refractivity contribution in [1.29, 1.82) is 0 Å². The topological polar surface area (TPSA) is 60.6 Å². The Morgan fingerprint density at radius 2 is 1.68 bits per heavy atom. The minimum absolute atomic E-state index is 0.244. The van der Waals surface area contributed by atoms with E-state index in [1.807, 2.05) is 24.3 Å². The maximum absolute atomic E-state index is 11.3. The van der Waals surface area contributed by atoms with Crippen LogP contribution in [0.25, 0.3) is 0 Å². The molecule has 0 spiro atoms. The van der Waals surface area contributed by atoms with Gasteiger partial charge in [-0.2, -0.15) is 0 Å². The van der Waals surface area contributed by atoms with Crippen molar-refractivity contribution in [3.63, 3.8) is 0 Å². The summed E-state index contributed by atoms with van der Waals surface area (Å²) in [4.78, 5) is 13.9. The van der Waals surface area contributed by atoms with E-state index in [9.17, 15) is 4.79 Å². The van der Waals surface area contributed by atoms with Crippen molar-refractivity contribution in [2.24, 2.45) is 0 Å². The Hall–Kier alpha value is -2.43. The predicted octanol–water partition coefficient (Wildman–Crippen LogP) is 1.84. The summed E-state index contributed by atoms with van der Waals surface area (Å²) in [7, 11) is 1.61. The number of aromatic amines is 1. The molecule has 19 heavy (non-hydrogen) atoms. The van der Waals surface area contributed by atoms with Gasteiger partial charge in [0.05, 0.1) is 7.11 Å². The zero-order valence-electron chi connectivity index (χ0n) is 10.6. The molecule has 1 heterocycles. The van der Waals surface area contributed by atoms with Gasteiger partial charge in [-0.25, -0.2) is 0 Å². The maximum Gasteiger partial charge on any atom is 0.290 e. The molecule has 1 aromatic carbocycles. The van der Waals surface area contributed by atoms with Gasteiger partial charge in [0.25, 0.3) is 5.56 Å². The van der Waals surface area contributed by atoms with Crippen LogP contribution in [0.1, 0.15) is 0 Å². The SMILES string of the molecule is COc1ccc(OCCOc2ccc[nH]c2=O)cc1. The minimum atomic E-state index is -0.244. The first kappa shape index (κ1) is 13.0. The fourth-order valence-electron chi connectivity index (χ4n) is 1.50. The van der Waals surface area contributed by atoms with Crippen LogP contribution in [0, 0.1) is 0 Å². The van der Waals surface area contributed by atoms with Gasteiger partial charge in [-0.3, -0.25) is 4.79 Å². The fourth-order valence-corrected chi connectivity index (χ4v) is 1.50. The molecule has 5 nitrogen and oxygen atoms in total. The number of nitrogens with one attached hydrogen (secondary N) is 1. The van der Waals surface area contributed by atoms with E-state index in [1.165, 1.54) is 0 Å². The standard InChI is InChI=1S/C14H15NO4/c1-17-11-4-6-12(7-5-11)18-9-10-19-13-3-2-8-15-14(13)16/h2-8H,9-10H2,1H3,(H,15,16). The fraction of sp³-hybridized carbons (Fsp3) is 0.214. The number of rotatable bonds is 6. The highest BCUT2D eigenvalue weighted by atomic mass is 16.5. The summed E-state index contributed by atoms with van der Waals surface area (Å²) in [5.74, 6) is 1.80. The zero-order chi connectivity index (χ0) is 13.5.